The molecule has 0 aliphatic rings. The van der Waals surface area contributed by atoms with Crippen molar-refractivity contribution in [3.8, 4) is 0 Å². The zero-order valence-corrected chi connectivity index (χ0v) is 8.51. The van der Waals surface area contributed by atoms with Crippen LogP contribution in [0.3, 0.4) is 0 Å². The van der Waals surface area contributed by atoms with E-state index in [9.17, 15) is 0 Å². The normalized spacial score (nSPS) is 7.67. The SMILES string of the molecule is Cl.Cl.O.c1ccc2scnc2c1. The number of rotatable bonds is 0. The Labute approximate surface area is 86.8 Å². The van der Waals surface area contributed by atoms with Crippen molar-refractivity contribution in [1.29, 1.82) is 0 Å². The molecule has 0 bridgehead atoms. The summed E-state index contributed by atoms with van der Waals surface area (Å²) in [5.41, 5.74) is 2.97. The van der Waals surface area contributed by atoms with E-state index in [1.165, 1.54) is 4.70 Å². The first-order valence-corrected chi connectivity index (χ1v) is 3.63. The molecule has 1 heterocycles. The van der Waals surface area contributed by atoms with Gasteiger partial charge >= 0.3 is 0 Å². The van der Waals surface area contributed by atoms with Gasteiger partial charge in [0, 0.05) is 0 Å². The van der Waals surface area contributed by atoms with Gasteiger partial charge in [0.15, 0.2) is 0 Å². The van der Waals surface area contributed by atoms with E-state index >= 15 is 0 Å². The van der Waals surface area contributed by atoms with Gasteiger partial charge in [-0.2, -0.15) is 0 Å². The van der Waals surface area contributed by atoms with Gasteiger partial charge < -0.3 is 5.48 Å². The Kier molecular flexibility index (Phi) is 7.33. The van der Waals surface area contributed by atoms with Gasteiger partial charge in [-0.05, 0) is 12.1 Å². The van der Waals surface area contributed by atoms with Crippen LogP contribution in [-0.4, -0.2) is 10.5 Å². The summed E-state index contributed by atoms with van der Waals surface area (Å²) in [6, 6.07) is 8.13. The molecule has 0 saturated carbocycles. The summed E-state index contributed by atoms with van der Waals surface area (Å²) < 4.78 is 1.26. The Morgan fingerprint density at radius 2 is 1.75 bits per heavy atom. The molecular weight excluding hydrogens is 217 g/mol. The van der Waals surface area contributed by atoms with Crippen LogP contribution in [0, 0.1) is 0 Å². The zero-order valence-electron chi connectivity index (χ0n) is 6.06. The van der Waals surface area contributed by atoms with Crippen LogP contribution in [0.1, 0.15) is 0 Å². The highest BCUT2D eigenvalue weighted by Gasteiger charge is 1.89. The average Bonchev–Trinajstić information content (AvgIpc) is 2.33. The average molecular weight is 226 g/mol. The first kappa shape index (κ1) is 14.2. The van der Waals surface area contributed by atoms with Crippen molar-refractivity contribution in [3.63, 3.8) is 0 Å². The molecule has 0 spiro atoms. The van der Waals surface area contributed by atoms with E-state index < -0.39 is 0 Å². The van der Waals surface area contributed by atoms with E-state index in [1.54, 1.807) is 11.3 Å². The number of hydrogen-bond acceptors (Lipinski definition) is 2. The zero-order chi connectivity index (χ0) is 6.10. The molecule has 0 amide bonds. The molecule has 0 atom stereocenters. The minimum atomic E-state index is 0. The van der Waals surface area contributed by atoms with Crippen LogP contribution in [-0.2, 0) is 0 Å². The predicted octanol–water partition coefficient (Wildman–Crippen LogP) is 2.32. The van der Waals surface area contributed by atoms with Crippen LogP contribution < -0.4 is 0 Å². The standard InChI is InChI=1S/C7H5NS.2ClH.H2O/c1-2-4-7-6(3-1)8-5-9-7;;;/h1-5H;2*1H;1H2. The highest BCUT2D eigenvalue weighted by atomic mass is 35.5. The quantitative estimate of drug-likeness (QED) is 0.679. The Bertz CT molecular complexity index is 295. The van der Waals surface area contributed by atoms with Crippen molar-refractivity contribution in [2.45, 2.75) is 0 Å². The molecule has 2 rings (SSSR count). The van der Waals surface area contributed by atoms with Crippen LogP contribution in [0.15, 0.2) is 29.8 Å². The van der Waals surface area contributed by atoms with Gasteiger partial charge in [0.2, 0.25) is 0 Å². The molecule has 1 aromatic heterocycles. The van der Waals surface area contributed by atoms with Crippen molar-refractivity contribution in [1.82, 2.24) is 4.98 Å². The van der Waals surface area contributed by atoms with E-state index in [0.29, 0.717) is 0 Å². The lowest BCUT2D eigenvalue weighted by Crippen LogP contribution is -1.61. The highest BCUT2D eigenvalue weighted by molar-refractivity contribution is 7.16. The van der Waals surface area contributed by atoms with E-state index in [2.05, 4.69) is 11.1 Å². The van der Waals surface area contributed by atoms with E-state index in [4.69, 9.17) is 0 Å². The molecule has 12 heavy (non-hydrogen) atoms. The molecule has 0 aliphatic heterocycles. The summed E-state index contributed by atoms with van der Waals surface area (Å²) in [5, 5.41) is 0. The van der Waals surface area contributed by atoms with Gasteiger partial charge in [-0.25, -0.2) is 4.98 Å². The number of thiazole rings is 1. The lowest BCUT2D eigenvalue weighted by atomic mass is 10.3. The van der Waals surface area contributed by atoms with Gasteiger partial charge in [0.25, 0.3) is 0 Å². The van der Waals surface area contributed by atoms with Crippen molar-refractivity contribution in [2.24, 2.45) is 0 Å². The molecule has 68 valence electrons. The Morgan fingerprint density at radius 1 is 1.08 bits per heavy atom. The third-order valence-corrected chi connectivity index (χ3v) is 2.05. The van der Waals surface area contributed by atoms with Crippen LogP contribution >= 0.6 is 36.2 Å². The molecule has 5 heteroatoms. The fourth-order valence-corrected chi connectivity index (χ4v) is 1.48. The number of benzene rings is 1. The van der Waals surface area contributed by atoms with Gasteiger partial charge in [-0.3, -0.25) is 0 Å². The number of hydrogen-bond donors (Lipinski definition) is 0. The van der Waals surface area contributed by atoms with Gasteiger partial charge in [0.1, 0.15) is 0 Å². The molecule has 0 fully saturated rings. The number of fused-ring (bicyclic) bond motifs is 1. The van der Waals surface area contributed by atoms with Crippen molar-refractivity contribution >= 4 is 46.4 Å². The second-order valence-electron chi connectivity index (χ2n) is 1.82. The Hall–Kier alpha value is -0.350. The molecule has 0 radical (unpaired) electrons. The second kappa shape index (κ2) is 6.20. The summed E-state index contributed by atoms with van der Waals surface area (Å²) in [7, 11) is 0. The second-order valence-corrected chi connectivity index (χ2v) is 2.71. The number of para-hydroxylation sites is 1. The predicted molar refractivity (Wildman–Crippen MR) is 57.7 cm³/mol. The number of aromatic nitrogens is 1. The third-order valence-electron chi connectivity index (χ3n) is 1.24. The molecule has 0 unspecified atom stereocenters. The molecule has 0 aliphatic carbocycles. The van der Waals surface area contributed by atoms with Crippen LogP contribution in [0.5, 0.6) is 0 Å². The van der Waals surface area contributed by atoms with Crippen molar-refractivity contribution < 1.29 is 5.48 Å². The molecular formula is C7H9Cl2NOS. The van der Waals surface area contributed by atoms with Crippen LogP contribution in [0.2, 0.25) is 0 Å². The summed E-state index contributed by atoms with van der Waals surface area (Å²) in [4.78, 5) is 4.14. The minimum absolute atomic E-state index is 0. The first-order chi connectivity index (χ1) is 4.47. The number of halogens is 2. The fourth-order valence-electron chi connectivity index (χ4n) is 0.803. The summed E-state index contributed by atoms with van der Waals surface area (Å²) in [6.07, 6.45) is 0. The van der Waals surface area contributed by atoms with Gasteiger partial charge in [0.05, 0.1) is 15.7 Å². The van der Waals surface area contributed by atoms with Crippen LogP contribution in [0.4, 0.5) is 0 Å². The largest absolute Gasteiger partial charge is 0.412 e. The molecule has 1 aromatic carbocycles. The van der Waals surface area contributed by atoms with Gasteiger partial charge in [-0.1, -0.05) is 12.1 Å². The highest BCUT2D eigenvalue weighted by Crippen LogP contribution is 2.15. The van der Waals surface area contributed by atoms with E-state index in [1.807, 2.05) is 23.7 Å². The summed E-state index contributed by atoms with van der Waals surface area (Å²) in [5.74, 6) is 0. The Balaban J connectivity index is 0. The maximum Gasteiger partial charge on any atom is 0.0812 e. The monoisotopic (exact) mass is 225 g/mol. The Morgan fingerprint density at radius 3 is 2.42 bits per heavy atom. The van der Waals surface area contributed by atoms with E-state index in [-0.39, 0.29) is 30.3 Å². The summed E-state index contributed by atoms with van der Waals surface area (Å²) >= 11 is 1.68. The van der Waals surface area contributed by atoms with Crippen LogP contribution in [0.25, 0.3) is 10.2 Å². The minimum Gasteiger partial charge on any atom is -0.412 e. The molecule has 0 saturated heterocycles. The summed E-state index contributed by atoms with van der Waals surface area (Å²) in [6.45, 7) is 0. The smallest absolute Gasteiger partial charge is 0.0812 e. The maximum absolute atomic E-state index is 4.14. The van der Waals surface area contributed by atoms with E-state index in [0.717, 1.165) is 5.52 Å². The molecule has 2 aromatic rings. The van der Waals surface area contributed by atoms with Crippen molar-refractivity contribution in [3.05, 3.63) is 29.8 Å². The number of nitrogens with zero attached hydrogens (tertiary/aromatic N) is 1. The molecule has 2 N–H and O–H groups in total. The van der Waals surface area contributed by atoms with Gasteiger partial charge in [-0.15, -0.1) is 36.2 Å². The lowest BCUT2D eigenvalue weighted by molar-refractivity contribution is 0.824. The maximum atomic E-state index is 4.14. The topological polar surface area (TPSA) is 44.4 Å². The van der Waals surface area contributed by atoms with Crippen molar-refractivity contribution in [2.75, 3.05) is 0 Å². The third kappa shape index (κ3) is 2.60. The lowest BCUT2D eigenvalue weighted by Gasteiger charge is -1.80. The molecule has 2 nitrogen and oxygen atoms in total. The first-order valence-electron chi connectivity index (χ1n) is 2.75. The fraction of sp³-hybridized carbons (Fsp3) is 0.